The van der Waals surface area contributed by atoms with Gasteiger partial charge in [-0.05, 0) is 59.9 Å². The summed E-state index contributed by atoms with van der Waals surface area (Å²) in [6.07, 6.45) is 5.87. The number of pyridine rings is 1. The van der Waals surface area contributed by atoms with E-state index in [0.29, 0.717) is 31.0 Å². The van der Waals surface area contributed by atoms with Crippen LogP contribution in [0.2, 0.25) is 0 Å². The number of rotatable bonds is 4. The lowest BCUT2D eigenvalue weighted by molar-refractivity contribution is -0.134. The highest BCUT2D eigenvalue weighted by Gasteiger charge is 2.29. The Balaban J connectivity index is 1.41. The van der Waals surface area contributed by atoms with Crippen molar-refractivity contribution in [3.63, 3.8) is 0 Å². The van der Waals surface area contributed by atoms with Gasteiger partial charge < -0.3 is 4.90 Å². The van der Waals surface area contributed by atoms with E-state index in [9.17, 15) is 10.1 Å². The van der Waals surface area contributed by atoms with E-state index in [1.807, 2.05) is 29.4 Å². The molecule has 1 unspecified atom stereocenters. The first-order valence-corrected chi connectivity index (χ1v) is 10.2. The van der Waals surface area contributed by atoms with Gasteiger partial charge in [0.15, 0.2) is 0 Å². The average Bonchev–Trinajstić information content (AvgIpc) is 2.82. The minimum Gasteiger partial charge on any atom is -0.342 e. The summed E-state index contributed by atoms with van der Waals surface area (Å²) in [7, 11) is 0. The van der Waals surface area contributed by atoms with Gasteiger partial charge in [-0.3, -0.25) is 9.78 Å². The van der Waals surface area contributed by atoms with Crippen LogP contribution in [0.3, 0.4) is 0 Å². The molecule has 0 aliphatic carbocycles. The molecule has 0 radical (unpaired) electrons. The molecular formula is C25H22N4O. The number of hydrogen-bond donors (Lipinski definition) is 0. The molecule has 1 aromatic heterocycles. The smallest absolute Gasteiger partial charge is 0.240 e. The third-order valence-electron chi connectivity index (χ3n) is 5.94. The standard InChI is InChI=1S/C25H22N4O/c26-15-19-6-4-18(5-7-19)14-22(16-27)25(30)29-12-9-20(10-13-29)23-3-1-2-21-17-28-11-8-24(21)23/h1-8,11,17,20,22H,9-10,12-14H2. The van der Waals surface area contributed by atoms with E-state index in [0.717, 1.165) is 23.8 Å². The van der Waals surface area contributed by atoms with Gasteiger partial charge in [-0.2, -0.15) is 10.5 Å². The highest BCUT2D eigenvalue weighted by molar-refractivity contribution is 5.85. The predicted molar refractivity (Wildman–Crippen MR) is 114 cm³/mol. The van der Waals surface area contributed by atoms with E-state index in [4.69, 9.17) is 5.26 Å². The molecule has 0 spiro atoms. The average molecular weight is 394 g/mol. The lowest BCUT2D eigenvalue weighted by Gasteiger charge is -2.33. The molecule has 5 nitrogen and oxygen atoms in total. The number of amides is 1. The number of aromatic nitrogens is 1. The van der Waals surface area contributed by atoms with E-state index in [1.165, 1.54) is 10.9 Å². The van der Waals surface area contributed by atoms with Gasteiger partial charge in [-0.15, -0.1) is 0 Å². The molecule has 0 N–H and O–H groups in total. The van der Waals surface area contributed by atoms with Crippen molar-refractivity contribution in [2.45, 2.75) is 25.2 Å². The van der Waals surface area contributed by atoms with Crippen LogP contribution < -0.4 is 0 Å². The van der Waals surface area contributed by atoms with Crippen LogP contribution in [-0.2, 0) is 11.2 Å². The Hall–Kier alpha value is -3.70. The first-order chi connectivity index (χ1) is 14.7. The third-order valence-corrected chi connectivity index (χ3v) is 5.94. The van der Waals surface area contributed by atoms with Gasteiger partial charge in [0, 0.05) is 30.9 Å². The fourth-order valence-electron chi connectivity index (χ4n) is 4.27. The van der Waals surface area contributed by atoms with E-state index in [2.05, 4.69) is 41.4 Å². The normalized spacial score (nSPS) is 15.3. The van der Waals surface area contributed by atoms with Crippen molar-refractivity contribution in [1.82, 2.24) is 9.88 Å². The molecule has 1 aliphatic heterocycles. The zero-order valence-electron chi connectivity index (χ0n) is 16.7. The summed E-state index contributed by atoms with van der Waals surface area (Å²) in [6.45, 7) is 1.33. The molecule has 2 heterocycles. The molecule has 1 atom stereocenters. The minimum atomic E-state index is -0.696. The lowest BCUT2D eigenvalue weighted by atomic mass is 9.86. The van der Waals surface area contributed by atoms with Gasteiger partial charge in [0.1, 0.15) is 5.92 Å². The van der Waals surface area contributed by atoms with Crippen molar-refractivity contribution in [2.75, 3.05) is 13.1 Å². The Labute approximate surface area is 176 Å². The number of piperidine rings is 1. The summed E-state index contributed by atoms with van der Waals surface area (Å²) < 4.78 is 0. The number of benzene rings is 2. The zero-order valence-corrected chi connectivity index (χ0v) is 16.7. The maximum atomic E-state index is 13.0. The van der Waals surface area contributed by atoms with Crippen molar-refractivity contribution >= 4 is 16.7 Å². The summed E-state index contributed by atoms with van der Waals surface area (Å²) in [6, 6.07) is 19.7. The fraction of sp³-hybridized carbons (Fsp3) is 0.280. The molecule has 0 saturated carbocycles. The second-order valence-electron chi connectivity index (χ2n) is 7.74. The van der Waals surface area contributed by atoms with Gasteiger partial charge >= 0.3 is 0 Å². The number of fused-ring (bicyclic) bond motifs is 1. The molecule has 3 aromatic rings. The topological polar surface area (TPSA) is 80.8 Å². The molecule has 1 fully saturated rings. The van der Waals surface area contributed by atoms with E-state index >= 15 is 0 Å². The second kappa shape index (κ2) is 8.76. The van der Waals surface area contributed by atoms with Gasteiger partial charge in [0.25, 0.3) is 0 Å². The Bertz CT molecular complexity index is 1130. The highest BCUT2D eigenvalue weighted by Crippen LogP contribution is 2.33. The van der Waals surface area contributed by atoms with Crippen LogP contribution in [0.25, 0.3) is 10.8 Å². The van der Waals surface area contributed by atoms with E-state index in [1.54, 1.807) is 12.1 Å². The zero-order chi connectivity index (χ0) is 20.9. The highest BCUT2D eigenvalue weighted by atomic mass is 16.2. The third kappa shape index (κ3) is 4.02. The first-order valence-electron chi connectivity index (χ1n) is 10.2. The van der Waals surface area contributed by atoms with Gasteiger partial charge in [-0.1, -0.05) is 30.3 Å². The van der Waals surface area contributed by atoms with Crippen LogP contribution in [-0.4, -0.2) is 28.9 Å². The molecule has 5 heteroatoms. The Morgan fingerprint density at radius 2 is 1.87 bits per heavy atom. The molecular weight excluding hydrogens is 372 g/mol. The maximum absolute atomic E-state index is 13.0. The van der Waals surface area contributed by atoms with Crippen molar-refractivity contribution in [3.05, 3.63) is 77.6 Å². The molecule has 2 aromatic carbocycles. The monoisotopic (exact) mass is 394 g/mol. The molecule has 1 amide bonds. The second-order valence-corrected chi connectivity index (χ2v) is 7.74. The number of nitriles is 2. The van der Waals surface area contributed by atoms with Crippen LogP contribution >= 0.6 is 0 Å². The van der Waals surface area contributed by atoms with Crippen molar-refractivity contribution in [3.8, 4) is 12.1 Å². The number of carbonyl (C=O) groups excluding carboxylic acids is 1. The van der Waals surface area contributed by atoms with Crippen LogP contribution in [0.4, 0.5) is 0 Å². The number of hydrogen-bond acceptors (Lipinski definition) is 4. The quantitative estimate of drug-likeness (QED) is 0.664. The molecule has 1 saturated heterocycles. The van der Waals surface area contributed by atoms with E-state index < -0.39 is 5.92 Å². The Morgan fingerprint density at radius 3 is 2.57 bits per heavy atom. The van der Waals surface area contributed by atoms with Gasteiger partial charge in [-0.25, -0.2) is 0 Å². The van der Waals surface area contributed by atoms with Crippen LogP contribution in [0, 0.1) is 28.6 Å². The summed E-state index contributed by atoms with van der Waals surface area (Å²) in [5.41, 5.74) is 2.79. The summed E-state index contributed by atoms with van der Waals surface area (Å²) in [5.74, 6) is -0.389. The van der Waals surface area contributed by atoms with Crippen molar-refractivity contribution < 1.29 is 4.79 Å². The fourth-order valence-corrected chi connectivity index (χ4v) is 4.27. The van der Waals surface area contributed by atoms with Crippen LogP contribution in [0.5, 0.6) is 0 Å². The SMILES string of the molecule is N#Cc1ccc(CC(C#N)C(=O)N2CCC(c3cccc4cnccc34)CC2)cc1. The number of carbonyl (C=O) groups is 1. The summed E-state index contributed by atoms with van der Waals surface area (Å²) >= 11 is 0. The number of likely N-dealkylation sites (tertiary alicyclic amines) is 1. The minimum absolute atomic E-state index is 0.0950. The predicted octanol–water partition coefficient (Wildman–Crippen LogP) is 4.19. The first kappa shape index (κ1) is 19.6. The van der Waals surface area contributed by atoms with Crippen LogP contribution in [0.1, 0.15) is 35.4 Å². The lowest BCUT2D eigenvalue weighted by Crippen LogP contribution is -2.41. The van der Waals surface area contributed by atoms with Crippen molar-refractivity contribution in [2.24, 2.45) is 5.92 Å². The molecule has 30 heavy (non-hydrogen) atoms. The van der Waals surface area contributed by atoms with Gasteiger partial charge in [0.2, 0.25) is 5.91 Å². The van der Waals surface area contributed by atoms with Gasteiger partial charge in [0.05, 0.1) is 17.7 Å². The summed E-state index contributed by atoms with van der Waals surface area (Å²) in [5, 5.41) is 20.9. The molecule has 4 rings (SSSR count). The molecule has 1 aliphatic rings. The molecule has 148 valence electrons. The maximum Gasteiger partial charge on any atom is 0.240 e. The van der Waals surface area contributed by atoms with E-state index in [-0.39, 0.29) is 5.91 Å². The molecule has 0 bridgehead atoms. The number of nitrogens with zero attached hydrogens (tertiary/aromatic N) is 4. The Morgan fingerprint density at radius 1 is 1.10 bits per heavy atom. The van der Waals surface area contributed by atoms with Crippen molar-refractivity contribution in [1.29, 1.82) is 10.5 Å². The summed E-state index contributed by atoms with van der Waals surface area (Å²) in [4.78, 5) is 19.0. The van der Waals surface area contributed by atoms with Crippen LogP contribution in [0.15, 0.2) is 60.9 Å². The largest absolute Gasteiger partial charge is 0.342 e. The Kier molecular flexibility index (Phi) is 5.72.